The van der Waals surface area contributed by atoms with Gasteiger partial charge in [-0.1, -0.05) is 152 Å². The molecule has 10 aromatic carbocycles. The van der Waals surface area contributed by atoms with E-state index in [1.165, 1.54) is 110 Å². The molecule has 20 rings (SSSR count). The summed E-state index contributed by atoms with van der Waals surface area (Å²) in [6.45, 7) is 0. The van der Waals surface area contributed by atoms with Crippen LogP contribution in [0.25, 0.3) is 53.9 Å². The first-order chi connectivity index (χ1) is 51.0. The topological polar surface area (TPSA) is 186 Å². The van der Waals surface area contributed by atoms with E-state index in [1.807, 2.05) is 58.8 Å². The first-order valence-corrected chi connectivity index (χ1v) is 42.3. The third-order valence-electron chi connectivity index (χ3n) is 25.4. The van der Waals surface area contributed by atoms with Gasteiger partial charge in [0.1, 0.15) is 0 Å². The molecule has 10 bridgehead atoms. The van der Waals surface area contributed by atoms with Crippen molar-refractivity contribution in [3.63, 3.8) is 0 Å². The van der Waals surface area contributed by atoms with Crippen molar-refractivity contribution < 1.29 is 71.9 Å². The number of carboxylic acid groups (broad SMARTS) is 5. The van der Waals surface area contributed by atoms with Crippen molar-refractivity contribution in [2.75, 3.05) is 0 Å². The molecular formula is C90H90NbO10S5. The molecule has 0 amide bonds. The Labute approximate surface area is 657 Å². The van der Waals surface area contributed by atoms with Gasteiger partial charge in [-0.05, 0) is 270 Å². The van der Waals surface area contributed by atoms with Gasteiger partial charge in [-0.3, -0.25) is 24.0 Å². The normalized spacial score (nSPS) is 30.6. The number of hydrogen-bond acceptors (Lipinski definition) is 10. The van der Waals surface area contributed by atoms with Crippen LogP contribution in [0.3, 0.4) is 0 Å². The van der Waals surface area contributed by atoms with Crippen molar-refractivity contribution >= 4 is 143 Å². The summed E-state index contributed by atoms with van der Waals surface area (Å²) in [4.78, 5) is 63.1. The van der Waals surface area contributed by atoms with Crippen LogP contribution in [0.2, 0.25) is 0 Å². The van der Waals surface area contributed by atoms with E-state index in [0.29, 0.717) is 85.4 Å². The van der Waals surface area contributed by atoms with Crippen LogP contribution in [0, 0.1) is 88.8 Å². The molecule has 10 fully saturated rings. The number of aliphatic carboxylic acids is 5. The average molecular weight is 1580 g/mol. The number of fused-ring (bicyclic) bond motifs is 15. The van der Waals surface area contributed by atoms with Crippen LogP contribution in [0.1, 0.15) is 96.3 Å². The van der Waals surface area contributed by atoms with Crippen LogP contribution < -0.4 is 0 Å². The van der Waals surface area contributed by atoms with Gasteiger partial charge in [-0.2, -0.15) is 0 Å². The van der Waals surface area contributed by atoms with E-state index in [0.717, 1.165) is 64.2 Å². The largest absolute Gasteiger partial charge is 0.481 e. The first-order valence-electron chi connectivity index (χ1n) is 37.9. The predicted octanol–water partition coefficient (Wildman–Crippen LogP) is 22.2. The molecule has 0 saturated heterocycles. The molecule has 10 aromatic rings. The van der Waals surface area contributed by atoms with Crippen LogP contribution in [-0.2, 0) is 46.4 Å². The Morgan fingerprint density at radius 3 is 0.528 bits per heavy atom. The fraction of sp³-hybridized carbons (Fsp3) is 0.389. The van der Waals surface area contributed by atoms with Crippen LogP contribution in [0.5, 0.6) is 0 Å². The second kappa shape index (κ2) is 32.9. The average Bonchev–Trinajstić information content (AvgIpc) is 1.65. The van der Waals surface area contributed by atoms with Crippen molar-refractivity contribution in [1.29, 1.82) is 0 Å². The Balaban J connectivity index is 0.000000106. The number of carbonyl (C=O) groups is 5. The smallest absolute Gasteiger partial charge is 0.306 e. The van der Waals surface area contributed by atoms with Gasteiger partial charge in [0, 0.05) is 73.1 Å². The summed E-state index contributed by atoms with van der Waals surface area (Å²) < 4.78 is 0. The monoisotopic (exact) mass is 1580 g/mol. The predicted molar refractivity (Wildman–Crippen MR) is 428 cm³/mol. The van der Waals surface area contributed by atoms with Crippen LogP contribution in [0.15, 0.2) is 237 Å². The fourth-order valence-corrected chi connectivity index (χ4v) is 28.3. The van der Waals surface area contributed by atoms with Crippen molar-refractivity contribution in [3.8, 4) is 0 Å². The summed E-state index contributed by atoms with van der Waals surface area (Å²) in [5.41, 5.74) is 0. The number of carboxylic acids is 5. The van der Waals surface area contributed by atoms with Gasteiger partial charge in [-0.25, -0.2) is 0 Å². The Bertz CT molecular complexity index is 4190. The summed E-state index contributed by atoms with van der Waals surface area (Å²) in [6.07, 6.45) is 16.0. The molecule has 10 saturated carbocycles. The number of benzene rings is 10. The van der Waals surface area contributed by atoms with E-state index in [4.69, 9.17) is 0 Å². The van der Waals surface area contributed by atoms with Gasteiger partial charge >= 0.3 is 29.8 Å². The second-order valence-electron chi connectivity index (χ2n) is 31.7. The van der Waals surface area contributed by atoms with Crippen molar-refractivity contribution in [2.45, 2.75) is 147 Å². The van der Waals surface area contributed by atoms with Crippen molar-refractivity contribution in [1.82, 2.24) is 0 Å². The van der Waals surface area contributed by atoms with Gasteiger partial charge in [0.15, 0.2) is 0 Å². The van der Waals surface area contributed by atoms with E-state index in [2.05, 4.69) is 212 Å². The summed E-state index contributed by atoms with van der Waals surface area (Å²) in [5.74, 6) is 1.49. The van der Waals surface area contributed by atoms with Crippen LogP contribution in [0.4, 0.5) is 0 Å². The molecule has 20 atom stereocenters. The molecule has 106 heavy (non-hydrogen) atoms. The van der Waals surface area contributed by atoms with E-state index >= 15 is 0 Å². The maximum Gasteiger partial charge on any atom is 0.306 e. The van der Waals surface area contributed by atoms with Gasteiger partial charge in [0.05, 0.1) is 29.6 Å². The molecule has 1 radical (unpaired) electrons. The van der Waals surface area contributed by atoms with Crippen LogP contribution >= 0.6 is 58.8 Å². The van der Waals surface area contributed by atoms with Gasteiger partial charge in [0.25, 0.3) is 0 Å². The molecule has 0 heterocycles. The summed E-state index contributed by atoms with van der Waals surface area (Å²) in [6, 6.07) is 74.8. The molecular weight excluding hydrogens is 1490 g/mol. The third kappa shape index (κ3) is 16.6. The Morgan fingerprint density at radius 2 is 0.377 bits per heavy atom. The van der Waals surface area contributed by atoms with Gasteiger partial charge < -0.3 is 25.5 Å². The van der Waals surface area contributed by atoms with Gasteiger partial charge in [-0.15, -0.1) is 58.8 Å². The number of hydrogen-bond donors (Lipinski definition) is 5. The molecule has 0 aliphatic heterocycles. The Morgan fingerprint density at radius 1 is 0.217 bits per heavy atom. The molecule has 0 aromatic heterocycles. The Hall–Kier alpha value is -6.66. The molecule has 10 aliphatic rings. The molecule has 0 spiro atoms. The minimum Gasteiger partial charge on any atom is -0.481 e. The fourth-order valence-electron chi connectivity index (χ4n) is 20.6. The zero-order chi connectivity index (χ0) is 72.0. The molecule has 545 valence electrons. The number of rotatable bonds is 15. The summed E-state index contributed by atoms with van der Waals surface area (Å²) in [5, 5.41) is 61.8. The third-order valence-corrected chi connectivity index (χ3v) is 32.2. The van der Waals surface area contributed by atoms with E-state index < -0.39 is 29.8 Å². The van der Waals surface area contributed by atoms with Crippen LogP contribution in [-0.4, -0.2) is 81.6 Å². The zero-order valence-corrected chi connectivity index (χ0v) is 65.4. The zero-order valence-electron chi connectivity index (χ0n) is 59.1. The summed E-state index contributed by atoms with van der Waals surface area (Å²) in [7, 11) is 0. The quantitative estimate of drug-likeness (QED) is 0.0610. The molecule has 20 unspecified atom stereocenters. The minimum absolute atomic E-state index is 0. The SMILES string of the molecule is O=C(O)C1CC2CC(Sc3ccc4ccccc4c3)C1C2.O=C(O)C1CC2CC(Sc3ccc4ccccc4c3)C1C2.O=C(O)C1CC2CC(Sc3ccc4ccccc4c3)C1C2.O=C(O)C1CC2CC(Sc3ccc4ccccc4c3)C1C2.O=C(O)C1CC2CC(Sc3ccc4ccccc4c3)C1C2.[Nb]. The van der Waals surface area contributed by atoms with Crippen molar-refractivity contribution in [3.05, 3.63) is 212 Å². The summed E-state index contributed by atoms with van der Waals surface area (Å²) >= 11 is 9.43. The van der Waals surface area contributed by atoms with E-state index in [-0.39, 0.29) is 52.0 Å². The standard InChI is InChI=1S/5C18H18O2S.Nb/c5*19-18(20)16-8-11-7-15(16)17(9-11)21-14-6-5-12-3-1-2-4-13(12)10-14;/h5*1-6,10-11,15-17H,7-9H2,(H,19,20);. The number of thioether (sulfide) groups is 5. The van der Waals surface area contributed by atoms with Gasteiger partial charge in [0.2, 0.25) is 0 Å². The van der Waals surface area contributed by atoms with E-state index in [9.17, 15) is 49.5 Å². The Kier molecular flexibility index (Phi) is 23.2. The minimum atomic E-state index is -0.591. The molecule has 10 aliphatic carbocycles. The van der Waals surface area contributed by atoms with E-state index in [1.54, 1.807) is 0 Å². The molecule has 16 heteroatoms. The molecule has 5 N–H and O–H groups in total. The second-order valence-corrected chi connectivity index (χ2v) is 38.3. The van der Waals surface area contributed by atoms with Crippen molar-refractivity contribution in [2.24, 2.45) is 88.8 Å². The maximum absolute atomic E-state index is 11.4. The maximum atomic E-state index is 11.4. The first kappa shape index (κ1) is 74.8. The molecule has 10 nitrogen and oxygen atoms in total.